The quantitative estimate of drug-likeness (QED) is 0.500. The molecule has 0 saturated heterocycles. The number of nitrogens with zero attached hydrogens (tertiary/aromatic N) is 3. The highest BCUT2D eigenvalue weighted by atomic mass is 19.1. The van der Waals surface area contributed by atoms with Gasteiger partial charge < -0.3 is 15.8 Å². The maximum atomic E-state index is 13.0. The van der Waals surface area contributed by atoms with Crippen molar-refractivity contribution < 1.29 is 13.9 Å². The topological polar surface area (TPSA) is 103 Å². The molecule has 0 atom stereocenters. The first-order valence-electron chi connectivity index (χ1n) is 8.42. The maximum absolute atomic E-state index is 13.0. The standard InChI is InChI=1S/C20H18FN5O2/c1-13-2-4-14(5-3-13)6-11-18(27)28-12-17-24-19(22)26-20(25-17)23-16-9-7-15(21)8-10-16/h2-11H,12H2,1H3,(H3,22,23,24,25,26)/b11-6+. The van der Waals surface area contributed by atoms with Gasteiger partial charge in [-0.15, -0.1) is 0 Å². The molecule has 28 heavy (non-hydrogen) atoms. The first kappa shape index (κ1) is 19.0. The van der Waals surface area contributed by atoms with Crippen LogP contribution in [0.1, 0.15) is 17.0 Å². The van der Waals surface area contributed by atoms with Gasteiger partial charge in [0.05, 0.1) is 0 Å². The Morgan fingerprint density at radius 1 is 1.11 bits per heavy atom. The number of esters is 1. The lowest BCUT2D eigenvalue weighted by molar-refractivity contribution is -0.139. The Labute approximate surface area is 161 Å². The number of anilines is 3. The van der Waals surface area contributed by atoms with E-state index in [1.807, 2.05) is 31.2 Å². The largest absolute Gasteiger partial charge is 0.454 e. The zero-order valence-corrected chi connectivity index (χ0v) is 15.1. The number of halogens is 1. The summed E-state index contributed by atoms with van der Waals surface area (Å²) in [5.74, 6) is -0.560. The Bertz CT molecular complexity index is 988. The number of carbonyl (C=O) groups excluding carboxylic acids is 1. The monoisotopic (exact) mass is 379 g/mol. The Balaban J connectivity index is 1.60. The molecule has 2 aromatic carbocycles. The predicted octanol–water partition coefficient (Wildman–Crippen LogP) is 3.40. The highest BCUT2D eigenvalue weighted by Crippen LogP contribution is 2.14. The molecule has 0 saturated carbocycles. The van der Waals surface area contributed by atoms with Crippen LogP contribution in [0.4, 0.5) is 22.0 Å². The highest BCUT2D eigenvalue weighted by molar-refractivity contribution is 5.87. The number of ether oxygens (including phenoxy) is 1. The SMILES string of the molecule is Cc1ccc(/C=C/C(=O)OCc2nc(N)nc(Nc3ccc(F)cc3)n2)cc1. The lowest BCUT2D eigenvalue weighted by Crippen LogP contribution is -2.10. The van der Waals surface area contributed by atoms with Crippen molar-refractivity contribution in [1.29, 1.82) is 0 Å². The van der Waals surface area contributed by atoms with Crippen molar-refractivity contribution in [2.24, 2.45) is 0 Å². The molecule has 0 aliphatic heterocycles. The molecular formula is C20H18FN5O2. The Morgan fingerprint density at radius 2 is 1.82 bits per heavy atom. The summed E-state index contributed by atoms with van der Waals surface area (Å²) in [6, 6.07) is 13.4. The van der Waals surface area contributed by atoms with Gasteiger partial charge in [0, 0.05) is 11.8 Å². The molecule has 0 aliphatic rings. The first-order valence-corrected chi connectivity index (χ1v) is 8.42. The summed E-state index contributed by atoms with van der Waals surface area (Å²) in [5, 5.41) is 2.89. The van der Waals surface area contributed by atoms with Gasteiger partial charge in [-0.1, -0.05) is 29.8 Å². The number of nitrogen functional groups attached to an aromatic ring is 1. The summed E-state index contributed by atoms with van der Waals surface area (Å²) in [6.07, 6.45) is 2.98. The fourth-order valence-corrected chi connectivity index (χ4v) is 2.25. The van der Waals surface area contributed by atoms with E-state index in [0.717, 1.165) is 11.1 Å². The molecule has 0 fully saturated rings. The van der Waals surface area contributed by atoms with E-state index in [1.165, 1.54) is 30.3 Å². The summed E-state index contributed by atoms with van der Waals surface area (Å²) in [6.45, 7) is 1.82. The molecule has 1 heterocycles. The van der Waals surface area contributed by atoms with Crippen molar-refractivity contribution in [1.82, 2.24) is 15.0 Å². The van der Waals surface area contributed by atoms with Crippen LogP contribution < -0.4 is 11.1 Å². The summed E-state index contributed by atoms with van der Waals surface area (Å²) in [7, 11) is 0. The van der Waals surface area contributed by atoms with Crippen LogP contribution in [0.5, 0.6) is 0 Å². The second-order valence-electron chi connectivity index (χ2n) is 5.92. The van der Waals surface area contributed by atoms with Gasteiger partial charge in [0.15, 0.2) is 12.4 Å². The van der Waals surface area contributed by atoms with Gasteiger partial charge in [-0.3, -0.25) is 0 Å². The smallest absolute Gasteiger partial charge is 0.331 e. The second kappa shape index (κ2) is 8.72. The Morgan fingerprint density at radius 3 is 2.54 bits per heavy atom. The van der Waals surface area contributed by atoms with Crippen molar-refractivity contribution in [3.05, 3.63) is 77.4 Å². The van der Waals surface area contributed by atoms with Gasteiger partial charge in [-0.25, -0.2) is 9.18 Å². The van der Waals surface area contributed by atoms with Crippen LogP contribution >= 0.6 is 0 Å². The van der Waals surface area contributed by atoms with E-state index in [-0.39, 0.29) is 30.1 Å². The number of aryl methyl sites for hydroxylation is 1. The van der Waals surface area contributed by atoms with Crippen LogP contribution in [0.25, 0.3) is 6.08 Å². The third kappa shape index (κ3) is 5.60. The number of hydrogen-bond donors (Lipinski definition) is 2. The molecular weight excluding hydrogens is 361 g/mol. The number of nitrogens with two attached hydrogens (primary N) is 1. The Hall–Kier alpha value is -3.81. The average molecular weight is 379 g/mol. The molecule has 0 unspecified atom stereocenters. The minimum atomic E-state index is -0.535. The first-order chi connectivity index (χ1) is 13.5. The number of rotatable bonds is 6. The van der Waals surface area contributed by atoms with Crippen LogP contribution in [0.2, 0.25) is 0 Å². The maximum Gasteiger partial charge on any atom is 0.331 e. The predicted molar refractivity (Wildman–Crippen MR) is 104 cm³/mol. The molecule has 8 heteroatoms. The van der Waals surface area contributed by atoms with Crippen LogP contribution in [0.3, 0.4) is 0 Å². The van der Waals surface area contributed by atoms with E-state index in [4.69, 9.17) is 10.5 Å². The zero-order chi connectivity index (χ0) is 19.9. The highest BCUT2D eigenvalue weighted by Gasteiger charge is 2.07. The minimum Gasteiger partial charge on any atom is -0.454 e. The lowest BCUT2D eigenvalue weighted by Gasteiger charge is -2.07. The van der Waals surface area contributed by atoms with Gasteiger partial charge in [0.1, 0.15) is 5.82 Å². The van der Waals surface area contributed by atoms with Gasteiger partial charge in [-0.05, 0) is 42.8 Å². The molecule has 1 aromatic heterocycles. The summed E-state index contributed by atoms with van der Waals surface area (Å²) < 4.78 is 18.1. The zero-order valence-electron chi connectivity index (χ0n) is 15.1. The third-order valence-electron chi connectivity index (χ3n) is 3.63. The molecule has 3 aromatic rings. The van der Waals surface area contributed by atoms with Crippen molar-refractivity contribution in [2.45, 2.75) is 13.5 Å². The third-order valence-corrected chi connectivity index (χ3v) is 3.63. The van der Waals surface area contributed by atoms with Crippen molar-refractivity contribution >= 4 is 29.6 Å². The van der Waals surface area contributed by atoms with Crippen LogP contribution in [0.15, 0.2) is 54.6 Å². The van der Waals surface area contributed by atoms with E-state index >= 15 is 0 Å². The van der Waals surface area contributed by atoms with Gasteiger partial charge in [-0.2, -0.15) is 15.0 Å². The van der Waals surface area contributed by atoms with Crippen molar-refractivity contribution in [2.75, 3.05) is 11.1 Å². The molecule has 3 N–H and O–H groups in total. The fraction of sp³-hybridized carbons (Fsp3) is 0.100. The van der Waals surface area contributed by atoms with E-state index in [1.54, 1.807) is 6.08 Å². The van der Waals surface area contributed by atoms with Gasteiger partial charge >= 0.3 is 5.97 Å². The van der Waals surface area contributed by atoms with Crippen LogP contribution in [-0.2, 0) is 16.1 Å². The van der Waals surface area contributed by atoms with E-state index in [9.17, 15) is 9.18 Å². The normalized spacial score (nSPS) is 10.8. The molecule has 0 spiro atoms. The number of benzene rings is 2. The molecule has 0 aliphatic carbocycles. The fourth-order valence-electron chi connectivity index (χ4n) is 2.25. The average Bonchev–Trinajstić information content (AvgIpc) is 2.67. The van der Waals surface area contributed by atoms with Crippen LogP contribution in [0, 0.1) is 12.7 Å². The van der Waals surface area contributed by atoms with E-state index in [0.29, 0.717) is 5.69 Å². The number of aromatic nitrogens is 3. The summed E-state index contributed by atoms with van der Waals surface area (Å²) >= 11 is 0. The number of nitrogens with one attached hydrogen (secondary N) is 1. The summed E-state index contributed by atoms with van der Waals surface area (Å²) in [4.78, 5) is 23.9. The Kier molecular flexibility index (Phi) is 5.91. The van der Waals surface area contributed by atoms with Crippen molar-refractivity contribution in [3.63, 3.8) is 0 Å². The van der Waals surface area contributed by atoms with Gasteiger partial charge in [0.25, 0.3) is 0 Å². The van der Waals surface area contributed by atoms with E-state index < -0.39 is 5.97 Å². The minimum absolute atomic E-state index is 0.0270. The number of carbonyl (C=O) groups is 1. The second-order valence-corrected chi connectivity index (χ2v) is 5.92. The van der Waals surface area contributed by atoms with Crippen LogP contribution in [-0.4, -0.2) is 20.9 Å². The molecule has 0 radical (unpaired) electrons. The summed E-state index contributed by atoms with van der Waals surface area (Å²) in [5.41, 5.74) is 8.28. The van der Waals surface area contributed by atoms with E-state index in [2.05, 4.69) is 20.3 Å². The molecule has 3 rings (SSSR count). The molecule has 0 bridgehead atoms. The lowest BCUT2D eigenvalue weighted by atomic mass is 10.1. The molecule has 142 valence electrons. The number of hydrogen-bond acceptors (Lipinski definition) is 7. The van der Waals surface area contributed by atoms with Crippen molar-refractivity contribution in [3.8, 4) is 0 Å². The molecule has 7 nitrogen and oxygen atoms in total. The molecule has 0 amide bonds. The van der Waals surface area contributed by atoms with Gasteiger partial charge in [0.2, 0.25) is 11.9 Å².